The summed E-state index contributed by atoms with van der Waals surface area (Å²) in [4.78, 5) is 11.1. The number of nitrogens with zero attached hydrogens (tertiary/aromatic N) is 2. The van der Waals surface area contributed by atoms with E-state index in [4.69, 9.17) is 17.3 Å². The molecule has 0 bridgehead atoms. The van der Waals surface area contributed by atoms with Crippen molar-refractivity contribution in [2.75, 3.05) is 0 Å². The second-order valence-electron chi connectivity index (χ2n) is 3.40. The van der Waals surface area contributed by atoms with Gasteiger partial charge in [0.05, 0.1) is 0 Å². The number of hydrogen-bond donors (Lipinski definition) is 2. The Morgan fingerprint density at radius 1 is 1.79 bits per heavy atom. The summed E-state index contributed by atoms with van der Waals surface area (Å²) in [5, 5.41) is 15.6. The topological polar surface area (TPSA) is 70.9 Å². The average molecular weight is 215 g/mol. The molecule has 1 aromatic rings. The minimum absolute atomic E-state index is 0.431. The third-order valence-electron chi connectivity index (χ3n) is 2.55. The first-order valence-electron chi connectivity index (χ1n) is 4.28. The Kier molecular flexibility index (Phi) is 2.75. The first-order chi connectivity index (χ1) is 6.43. The van der Waals surface area contributed by atoms with Gasteiger partial charge in [0.2, 0.25) is 0 Å². The molecule has 5 nitrogen and oxygen atoms in total. The fourth-order valence-electron chi connectivity index (χ4n) is 1.25. The van der Waals surface area contributed by atoms with E-state index in [9.17, 15) is 4.79 Å². The molecular formula is C8H13N3O2S. The highest BCUT2D eigenvalue weighted by Crippen LogP contribution is 2.25. The summed E-state index contributed by atoms with van der Waals surface area (Å²) in [6, 6.07) is 0. The highest BCUT2D eigenvalue weighted by Gasteiger charge is 2.37. The van der Waals surface area contributed by atoms with Gasteiger partial charge in [-0.25, -0.2) is 0 Å². The SMILES string of the molecule is CCC(C)(C(=O)O)c1n[nH]c(=S)n1C. The number of aliphatic carboxylic acids is 1. The maximum absolute atomic E-state index is 11.1. The van der Waals surface area contributed by atoms with Crippen molar-refractivity contribution in [3.8, 4) is 0 Å². The van der Waals surface area contributed by atoms with Gasteiger partial charge in [0.1, 0.15) is 11.2 Å². The van der Waals surface area contributed by atoms with E-state index in [0.29, 0.717) is 17.0 Å². The lowest BCUT2D eigenvalue weighted by atomic mass is 9.87. The van der Waals surface area contributed by atoms with Gasteiger partial charge in [-0.2, -0.15) is 5.10 Å². The standard InChI is InChI=1S/C8H13N3O2S/c1-4-8(2,6(12)13)5-9-10-7(14)11(5)3/h4H2,1-3H3,(H,10,14)(H,12,13). The Hall–Kier alpha value is -1.17. The number of H-pyrrole nitrogens is 1. The van der Waals surface area contributed by atoms with Gasteiger partial charge < -0.3 is 9.67 Å². The van der Waals surface area contributed by atoms with Crippen molar-refractivity contribution in [2.24, 2.45) is 7.05 Å². The van der Waals surface area contributed by atoms with Crippen molar-refractivity contribution in [2.45, 2.75) is 25.7 Å². The molecule has 1 aromatic heterocycles. The number of aromatic amines is 1. The third-order valence-corrected chi connectivity index (χ3v) is 2.92. The molecule has 1 unspecified atom stereocenters. The molecule has 14 heavy (non-hydrogen) atoms. The number of rotatable bonds is 3. The van der Waals surface area contributed by atoms with Crippen molar-refractivity contribution in [3.63, 3.8) is 0 Å². The van der Waals surface area contributed by atoms with Crippen LogP contribution in [-0.2, 0) is 17.3 Å². The minimum atomic E-state index is -0.984. The quantitative estimate of drug-likeness (QED) is 0.744. The maximum atomic E-state index is 11.1. The van der Waals surface area contributed by atoms with Crippen LogP contribution in [0, 0.1) is 4.77 Å². The lowest BCUT2D eigenvalue weighted by molar-refractivity contribution is -0.143. The Labute approximate surface area is 86.8 Å². The number of nitrogens with one attached hydrogen (secondary N) is 1. The van der Waals surface area contributed by atoms with Gasteiger partial charge in [-0.1, -0.05) is 6.92 Å². The molecule has 2 N–H and O–H groups in total. The number of hydrogen-bond acceptors (Lipinski definition) is 3. The molecule has 78 valence electrons. The van der Waals surface area contributed by atoms with E-state index in [0.717, 1.165) is 0 Å². The molecule has 0 amide bonds. The Morgan fingerprint density at radius 3 is 2.64 bits per heavy atom. The van der Waals surface area contributed by atoms with Gasteiger partial charge in [0.25, 0.3) is 0 Å². The van der Waals surface area contributed by atoms with Gasteiger partial charge in [0, 0.05) is 7.05 Å². The molecule has 0 aromatic carbocycles. The molecule has 0 aliphatic carbocycles. The predicted molar refractivity (Wildman–Crippen MR) is 53.7 cm³/mol. The molecule has 1 heterocycles. The summed E-state index contributed by atoms with van der Waals surface area (Å²) >= 11 is 4.93. The Balaban J connectivity index is 3.33. The second-order valence-corrected chi connectivity index (χ2v) is 3.79. The van der Waals surface area contributed by atoms with Crippen molar-refractivity contribution in [1.82, 2.24) is 14.8 Å². The Morgan fingerprint density at radius 2 is 2.36 bits per heavy atom. The summed E-state index contributed by atoms with van der Waals surface area (Å²) in [6.07, 6.45) is 0.468. The normalized spacial score (nSPS) is 15.1. The number of carbonyl (C=O) groups is 1. The van der Waals surface area contributed by atoms with Crippen molar-refractivity contribution < 1.29 is 9.90 Å². The molecule has 0 radical (unpaired) electrons. The molecule has 0 aliphatic rings. The van der Waals surface area contributed by atoms with Gasteiger partial charge >= 0.3 is 5.97 Å². The second kappa shape index (κ2) is 3.53. The van der Waals surface area contributed by atoms with Crippen LogP contribution in [0.15, 0.2) is 0 Å². The van der Waals surface area contributed by atoms with Crippen LogP contribution in [0.3, 0.4) is 0 Å². The monoisotopic (exact) mass is 215 g/mol. The van der Waals surface area contributed by atoms with E-state index in [2.05, 4.69) is 10.2 Å². The summed E-state index contributed by atoms with van der Waals surface area (Å²) in [5.74, 6) is -0.436. The highest BCUT2D eigenvalue weighted by atomic mass is 32.1. The average Bonchev–Trinajstić information content (AvgIpc) is 2.46. The summed E-state index contributed by atoms with van der Waals surface area (Å²) in [7, 11) is 1.71. The van der Waals surface area contributed by atoms with Crippen LogP contribution < -0.4 is 0 Å². The molecular weight excluding hydrogens is 202 g/mol. The zero-order valence-corrected chi connectivity index (χ0v) is 9.18. The predicted octanol–water partition coefficient (Wildman–Crippen LogP) is 1.23. The first-order valence-corrected chi connectivity index (χ1v) is 4.69. The van der Waals surface area contributed by atoms with Crippen LogP contribution in [0.5, 0.6) is 0 Å². The van der Waals surface area contributed by atoms with Gasteiger partial charge in [-0.15, -0.1) is 0 Å². The van der Waals surface area contributed by atoms with Crippen LogP contribution in [0.4, 0.5) is 0 Å². The van der Waals surface area contributed by atoms with E-state index in [1.807, 2.05) is 6.92 Å². The lowest BCUT2D eigenvalue weighted by Crippen LogP contribution is -2.34. The van der Waals surface area contributed by atoms with Crippen molar-refractivity contribution in [1.29, 1.82) is 0 Å². The van der Waals surface area contributed by atoms with Crippen LogP contribution in [0.1, 0.15) is 26.1 Å². The third kappa shape index (κ3) is 1.45. The van der Waals surface area contributed by atoms with Gasteiger partial charge in [-0.05, 0) is 25.6 Å². The van der Waals surface area contributed by atoms with Crippen LogP contribution in [0.2, 0.25) is 0 Å². The zero-order valence-electron chi connectivity index (χ0n) is 8.37. The minimum Gasteiger partial charge on any atom is -0.480 e. The molecule has 1 atom stereocenters. The van der Waals surface area contributed by atoms with E-state index in [1.54, 1.807) is 18.5 Å². The first kappa shape index (κ1) is 10.9. The molecule has 0 aliphatic heterocycles. The lowest BCUT2D eigenvalue weighted by Gasteiger charge is -2.21. The summed E-state index contributed by atoms with van der Waals surface area (Å²) < 4.78 is 2.02. The fraction of sp³-hybridized carbons (Fsp3) is 0.625. The smallest absolute Gasteiger partial charge is 0.317 e. The van der Waals surface area contributed by atoms with Crippen molar-refractivity contribution in [3.05, 3.63) is 10.6 Å². The van der Waals surface area contributed by atoms with Crippen LogP contribution in [-0.4, -0.2) is 25.8 Å². The zero-order chi connectivity index (χ0) is 10.9. The molecule has 1 rings (SSSR count). The maximum Gasteiger partial charge on any atom is 0.317 e. The Bertz CT molecular complexity index is 409. The number of aromatic nitrogens is 3. The van der Waals surface area contributed by atoms with Crippen molar-refractivity contribution >= 4 is 18.2 Å². The molecule has 6 heteroatoms. The molecule has 0 saturated heterocycles. The highest BCUT2D eigenvalue weighted by molar-refractivity contribution is 7.71. The molecule has 0 fully saturated rings. The summed E-state index contributed by atoms with van der Waals surface area (Å²) in [5.41, 5.74) is -0.984. The summed E-state index contributed by atoms with van der Waals surface area (Å²) in [6.45, 7) is 3.45. The van der Waals surface area contributed by atoms with Gasteiger partial charge in [-0.3, -0.25) is 9.89 Å². The van der Waals surface area contributed by atoms with E-state index in [1.165, 1.54) is 0 Å². The molecule has 0 spiro atoms. The van der Waals surface area contributed by atoms with Crippen LogP contribution in [0.25, 0.3) is 0 Å². The largest absolute Gasteiger partial charge is 0.480 e. The van der Waals surface area contributed by atoms with E-state index < -0.39 is 11.4 Å². The van der Waals surface area contributed by atoms with E-state index in [-0.39, 0.29) is 0 Å². The van der Waals surface area contributed by atoms with E-state index >= 15 is 0 Å². The van der Waals surface area contributed by atoms with Gasteiger partial charge in [0.15, 0.2) is 4.77 Å². The number of carboxylic acids is 1. The number of carboxylic acid groups (broad SMARTS) is 1. The van der Waals surface area contributed by atoms with Crippen LogP contribution >= 0.6 is 12.2 Å². The fourth-order valence-corrected chi connectivity index (χ4v) is 1.38. The molecule has 0 saturated carbocycles.